The number of aryl methyl sites for hydroxylation is 1. The largest absolute Gasteiger partial charge is 0.522 e. The van der Waals surface area contributed by atoms with Crippen LogP contribution in [0.3, 0.4) is 0 Å². The van der Waals surface area contributed by atoms with E-state index in [0.29, 0.717) is 40.8 Å². The van der Waals surface area contributed by atoms with Crippen molar-refractivity contribution in [3.8, 4) is 5.75 Å². The summed E-state index contributed by atoms with van der Waals surface area (Å²) in [6, 6.07) is 4.68. The highest BCUT2D eigenvalue weighted by molar-refractivity contribution is 6.31. The monoisotopic (exact) mass is 475 g/mol. The molecule has 0 radical (unpaired) electrons. The van der Waals surface area contributed by atoms with Gasteiger partial charge < -0.3 is 19.6 Å². The number of alkyl halides is 3. The minimum Gasteiger partial charge on any atom is -0.484 e. The number of rotatable bonds is 10. The molecule has 174 valence electrons. The molecule has 8 nitrogen and oxygen atoms in total. The summed E-state index contributed by atoms with van der Waals surface area (Å²) in [6.45, 7) is 3.25. The van der Waals surface area contributed by atoms with Crippen molar-refractivity contribution >= 4 is 17.5 Å². The minimum atomic E-state index is -4.65. The molecule has 0 spiro atoms. The van der Waals surface area contributed by atoms with E-state index in [4.69, 9.17) is 20.8 Å². The molecule has 1 aromatic heterocycles. The Morgan fingerprint density at radius 1 is 1.34 bits per heavy atom. The number of hydrogen-bond acceptors (Lipinski definition) is 7. The highest BCUT2D eigenvalue weighted by atomic mass is 35.5. The summed E-state index contributed by atoms with van der Waals surface area (Å²) < 4.78 is 51.3. The maximum atomic E-state index is 12.2. The average Bonchev–Trinajstić information content (AvgIpc) is 3.16. The van der Waals surface area contributed by atoms with Crippen molar-refractivity contribution in [1.82, 2.24) is 15.5 Å². The lowest BCUT2D eigenvalue weighted by Gasteiger charge is -2.32. The van der Waals surface area contributed by atoms with Gasteiger partial charge in [0.15, 0.2) is 6.61 Å². The number of aliphatic hydroxyl groups excluding tert-OH is 1. The third kappa shape index (κ3) is 6.94. The number of benzene rings is 1. The van der Waals surface area contributed by atoms with Gasteiger partial charge in [-0.3, -0.25) is 9.53 Å². The molecular weight excluding hydrogens is 455 g/mol. The van der Waals surface area contributed by atoms with Gasteiger partial charge in [0.1, 0.15) is 5.75 Å². The van der Waals surface area contributed by atoms with E-state index in [1.807, 2.05) is 0 Å². The van der Waals surface area contributed by atoms with Crippen LogP contribution in [-0.4, -0.2) is 40.3 Å². The van der Waals surface area contributed by atoms with E-state index in [2.05, 4.69) is 26.8 Å². The first-order chi connectivity index (χ1) is 15.1. The number of nitrogens with one attached hydrogen (secondary N) is 1. The second-order valence-electron chi connectivity index (χ2n) is 7.24. The Hall–Kier alpha value is -2.63. The average molecular weight is 476 g/mol. The lowest BCUT2D eigenvalue weighted by atomic mass is 9.82. The van der Waals surface area contributed by atoms with Crippen molar-refractivity contribution in [2.24, 2.45) is 0 Å². The van der Waals surface area contributed by atoms with Crippen LogP contribution >= 0.6 is 11.6 Å². The molecule has 2 N–H and O–H groups in total. The smallest absolute Gasteiger partial charge is 0.484 e. The zero-order chi connectivity index (χ0) is 23.3. The molecule has 1 aliphatic carbocycles. The maximum Gasteiger partial charge on any atom is 0.522 e. The molecule has 3 rings (SSSR count). The van der Waals surface area contributed by atoms with Crippen molar-refractivity contribution in [2.45, 2.75) is 50.7 Å². The Labute approximate surface area is 186 Å². The molecule has 0 unspecified atom stereocenters. The van der Waals surface area contributed by atoms with E-state index in [1.165, 1.54) is 6.07 Å². The molecule has 0 bridgehead atoms. The van der Waals surface area contributed by atoms with Gasteiger partial charge in [0.2, 0.25) is 11.8 Å². The fraction of sp³-hybridized carbons (Fsp3) is 0.450. The molecule has 1 amide bonds. The number of ether oxygens (including phenoxy) is 2. The van der Waals surface area contributed by atoms with E-state index in [-0.39, 0.29) is 37.9 Å². The first-order valence-electron chi connectivity index (χ1n) is 9.69. The predicted octanol–water partition coefficient (Wildman–Crippen LogP) is 3.64. The molecule has 0 atom stereocenters. The predicted molar refractivity (Wildman–Crippen MR) is 106 cm³/mol. The topological polar surface area (TPSA) is 107 Å². The first-order valence-corrected chi connectivity index (χ1v) is 10.1. The molecule has 1 aliphatic rings. The van der Waals surface area contributed by atoms with Crippen molar-refractivity contribution < 1.29 is 37.0 Å². The summed E-state index contributed by atoms with van der Waals surface area (Å²) in [7, 11) is 0. The fourth-order valence-corrected chi connectivity index (χ4v) is 3.23. The van der Waals surface area contributed by atoms with Crippen molar-refractivity contribution in [3.05, 3.63) is 52.8 Å². The van der Waals surface area contributed by atoms with E-state index in [0.717, 1.165) is 0 Å². The Morgan fingerprint density at radius 2 is 2.09 bits per heavy atom. The van der Waals surface area contributed by atoms with Crippen LogP contribution in [0.5, 0.6) is 5.75 Å². The van der Waals surface area contributed by atoms with Gasteiger partial charge in [0, 0.05) is 23.1 Å². The van der Waals surface area contributed by atoms with E-state index < -0.39 is 18.4 Å². The van der Waals surface area contributed by atoms with Gasteiger partial charge in [0.25, 0.3) is 5.91 Å². The van der Waals surface area contributed by atoms with Gasteiger partial charge in [-0.15, -0.1) is 23.4 Å². The van der Waals surface area contributed by atoms with Gasteiger partial charge in [0.05, 0.1) is 12.7 Å². The zero-order valence-electron chi connectivity index (χ0n) is 16.8. The second kappa shape index (κ2) is 10.3. The standard InChI is InChI=1S/C20H21ClF3N3O5/c1-11(25-17(29)10-30-14-3-4-16(21)13(8-14)9-28)2-5-18-26-27-19(31-18)12-6-15(7-12)32-20(22,23)24/h3-4,8,12,15,28H,1-2,5-7,9-10H2,(H,25,29). The quantitative estimate of drug-likeness (QED) is 0.540. The van der Waals surface area contributed by atoms with Crippen LogP contribution in [-0.2, 0) is 22.6 Å². The van der Waals surface area contributed by atoms with Crippen LogP contribution < -0.4 is 10.1 Å². The number of carbonyl (C=O) groups excluding carboxylic acids is 1. The number of carbonyl (C=O) groups is 1. The van der Waals surface area contributed by atoms with Gasteiger partial charge in [-0.1, -0.05) is 18.2 Å². The second-order valence-corrected chi connectivity index (χ2v) is 7.65. The van der Waals surface area contributed by atoms with Crippen molar-refractivity contribution in [1.29, 1.82) is 0 Å². The lowest BCUT2D eigenvalue weighted by molar-refractivity contribution is -0.352. The van der Waals surface area contributed by atoms with E-state index in [9.17, 15) is 23.1 Å². The Balaban J connectivity index is 1.37. The van der Waals surface area contributed by atoms with Gasteiger partial charge in [-0.25, -0.2) is 0 Å². The molecule has 1 aromatic carbocycles. The number of allylic oxidation sites excluding steroid dienone is 1. The van der Waals surface area contributed by atoms with Gasteiger partial charge in [-0.2, -0.15) is 0 Å². The number of aliphatic hydroxyl groups is 1. The highest BCUT2D eigenvalue weighted by Gasteiger charge is 2.42. The molecule has 32 heavy (non-hydrogen) atoms. The van der Waals surface area contributed by atoms with Gasteiger partial charge >= 0.3 is 6.36 Å². The summed E-state index contributed by atoms with van der Waals surface area (Å²) in [5.41, 5.74) is 0.894. The summed E-state index contributed by atoms with van der Waals surface area (Å²) in [4.78, 5) is 12.0. The Kier molecular flexibility index (Phi) is 7.75. The Bertz CT molecular complexity index is 960. The minimum absolute atomic E-state index is 0.164. The molecule has 0 saturated heterocycles. The number of nitrogens with zero attached hydrogens (tertiary/aromatic N) is 2. The van der Waals surface area contributed by atoms with Gasteiger partial charge in [-0.05, 0) is 43.0 Å². The van der Waals surface area contributed by atoms with E-state index in [1.54, 1.807) is 12.1 Å². The number of hydrogen-bond donors (Lipinski definition) is 2. The van der Waals surface area contributed by atoms with Crippen molar-refractivity contribution in [2.75, 3.05) is 6.61 Å². The molecule has 2 aromatic rings. The van der Waals surface area contributed by atoms with Crippen LogP contribution in [0.2, 0.25) is 5.02 Å². The normalized spacial score (nSPS) is 18.2. The summed E-state index contributed by atoms with van der Waals surface area (Å²) in [6.07, 6.45) is -4.58. The fourth-order valence-electron chi connectivity index (χ4n) is 3.05. The van der Waals surface area contributed by atoms with Crippen LogP contribution in [0.15, 0.2) is 34.9 Å². The number of halogens is 4. The Morgan fingerprint density at radius 3 is 2.78 bits per heavy atom. The summed E-state index contributed by atoms with van der Waals surface area (Å²) >= 11 is 5.90. The van der Waals surface area contributed by atoms with E-state index >= 15 is 0 Å². The summed E-state index contributed by atoms with van der Waals surface area (Å²) in [5.74, 6) is 0.269. The summed E-state index contributed by atoms with van der Waals surface area (Å²) in [5, 5.41) is 19.9. The van der Waals surface area contributed by atoms with Crippen LogP contribution in [0.25, 0.3) is 0 Å². The molecule has 0 aliphatic heterocycles. The molecule has 1 fully saturated rings. The lowest BCUT2D eigenvalue weighted by Crippen LogP contribution is -2.34. The molecule has 1 saturated carbocycles. The van der Waals surface area contributed by atoms with Crippen LogP contribution in [0, 0.1) is 0 Å². The molecule has 12 heteroatoms. The maximum absolute atomic E-state index is 12.2. The highest BCUT2D eigenvalue weighted by Crippen LogP contribution is 2.40. The third-order valence-corrected chi connectivity index (χ3v) is 5.11. The third-order valence-electron chi connectivity index (χ3n) is 4.74. The van der Waals surface area contributed by atoms with Crippen LogP contribution in [0.4, 0.5) is 13.2 Å². The zero-order valence-corrected chi connectivity index (χ0v) is 17.6. The number of aromatic nitrogens is 2. The first kappa shape index (κ1) is 24.0. The molecular formula is C20H21ClF3N3O5. The molecule has 1 heterocycles. The SMILES string of the molecule is C=C(CCc1nnc(C2CC(OC(F)(F)F)C2)o1)NC(=O)COc1ccc(Cl)c(CO)c1. The van der Waals surface area contributed by atoms with Crippen LogP contribution in [0.1, 0.15) is 42.5 Å². The number of amides is 1. The van der Waals surface area contributed by atoms with Crippen molar-refractivity contribution in [3.63, 3.8) is 0 Å².